The lowest BCUT2D eigenvalue weighted by molar-refractivity contribution is -0.178. The molecule has 5 atom stereocenters. The van der Waals surface area contributed by atoms with Crippen molar-refractivity contribution >= 4 is 11.7 Å². The van der Waals surface area contributed by atoms with Gasteiger partial charge in [0.2, 0.25) is 0 Å². The Kier molecular flexibility index (Phi) is 5.96. The fraction of sp³-hybridized carbons (Fsp3) is 0.414. The lowest BCUT2D eigenvalue weighted by Gasteiger charge is -2.44. The van der Waals surface area contributed by atoms with E-state index < -0.39 is 12.6 Å². The molecule has 1 saturated heterocycles. The normalized spacial score (nSPS) is 30.9. The number of ether oxygens (including phenoxy) is 4. The van der Waals surface area contributed by atoms with Crippen molar-refractivity contribution in [2.45, 2.75) is 43.4 Å². The first-order valence-electron chi connectivity index (χ1n) is 12.5. The maximum atomic E-state index is 13.5. The van der Waals surface area contributed by atoms with E-state index in [0.29, 0.717) is 5.57 Å². The molecule has 2 aromatic rings. The number of nitrogens with one attached hydrogen (secondary N) is 1. The first kappa shape index (κ1) is 23.4. The molecule has 3 unspecified atom stereocenters. The molecule has 36 heavy (non-hydrogen) atoms. The van der Waals surface area contributed by atoms with Gasteiger partial charge in [0.1, 0.15) is 0 Å². The van der Waals surface area contributed by atoms with Gasteiger partial charge in [-0.25, -0.2) is 4.79 Å². The molecular weight excluding hydrogens is 456 g/mol. The summed E-state index contributed by atoms with van der Waals surface area (Å²) in [7, 11) is 4.68. The van der Waals surface area contributed by atoms with Crippen LogP contribution < -0.4 is 5.32 Å². The second kappa shape index (κ2) is 9.16. The molecule has 1 spiro atoms. The van der Waals surface area contributed by atoms with E-state index in [1.807, 2.05) is 12.1 Å². The standard InChI is InChI=1S/C29H32N2O5/c1-33-24-16-20(28(35-3)36-24)19-15-23-29(13-14-31(23)17-18-9-5-4-6-10-18)21-11-7-8-12-22(21)30-26(29)25(19)27(32)34-2/h4-12,16,19,23-24,28,30H,13-15,17H2,1-3H3/t19-,23?,24?,28?,29+/m0/s1. The molecule has 0 amide bonds. The van der Waals surface area contributed by atoms with Crippen LogP contribution >= 0.6 is 0 Å². The molecule has 1 aliphatic carbocycles. The van der Waals surface area contributed by atoms with Crippen LogP contribution in [0.1, 0.15) is 24.0 Å². The highest BCUT2D eigenvalue weighted by Crippen LogP contribution is 2.60. The highest BCUT2D eigenvalue weighted by Gasteiger charge is 2.60. The maximum absolute atomic E-state index is 13.5. The molecule has 3 aliphatic heterocycles. The summed E-state index contributed by atoms with van der Waals surface area (Å²) in [5.41, 5.74) is 5.85. The third kappa shape index (κ3) is 3.45. The largest absolute Gasteiger partial charge is 0.466 e. The summed E-state index contributed by atoms with van der Waals surface area (Å²) in [5, 5.41) is 3.67. The number of para-hydroxylation sites is 1. The van der Waals surface area contributed by atoms with Crippen LogP contribution in [0.2, 0.25) is 0 Å². The lowest BCUT2D eigenvalue weighted by atomic mass is 9.63. The Balaban J connectivity index is 1.52. The molecule has 0 saturated carbocycles. The summed E-state index contributed by atoms with van der Waals surface area (Å²) >= 11 is 0. The van der Waals surface area contributed by atoms with Gasteiger partial charge in [-0.3, -0.25) is 4.90 Å². The van der Waals surface area contributed by atoms with E-state index in [-0.39, 0.29) is 23.3 Å². The molecule has 3 heterocycles. The zero-order chi connectivity index (χ0) is 24.9. The van der Waals surface area contributed by atoms with Crippen molar-refractivity contribution in [2.75, 3.05) is 33.2 Å². The van der Waals surface area contributed by atoms with E-state index in [9.17, 15) is 4.79 Å². The van der Waals surface area contributed by atoms with E-state index in [1.54, 1.807) is 14.2 Å². The zero-order valence-corrected chi connectivity index (χ0v) is 20.9. The molecule has 0 bridgehead atoms. The van der Waals surface area contributed by atoms with Crippen LogP contribution in [0.25, 0.3) is 0 Å². The first-order chi connectivity index (χ1) is 17.6. The smallest absolute Gasteiger partial charge is 0.336 e. The molecule has 0 aromatic heterocycles. The predicted octanol–water partition coefficient (Wildman–Crippen LogP) is 3.97. The van der Waals surface area contributed by atoms with Gasteiger partial charge in [0.05, 0.1) is 18.1 Å². The van der Waals surface area contributed by atoms with Crippen LogP contribution in [0.3, 0.4) is 0 Å². The molecule has 6 rings (SSSR count). The van der Waals surface area contributed by atoms with Gasteiger partial charge < -0.3 is 24.3 Å². The van der Waals surface area contributed by atoms with Gasteiger partial charge in [0.15, 0.2) is 12.6 Å². The first-order valence-corrected chi connectivity index (χ1v) is 12.5. The molecule has 0 radical (unpaired) electrons. The van der Waals surface area contributed by atoms with Gasteiger partial charge >= 0.3 is 5.97 Å². The second-order valence-electron chi connectivity index (χ2n) is 9.91. The molecule has 188 valence electrons. The van der Waals surface area contributed by atoms with Crippen molar-refractivity contribution in [3.8, 4) is 0 Å². The molecular formula is C29H32N2O5. The van der Waals surface area contributed by atoms with Crippen molar-refractivity contribution in [1.82, 2.24) is 4.90 Å². The predicted molar refractivity (Wildman–Crippen MR) is 135 cm³/mol. The summed E-state index contributed by atoms with van der Waals surface area (Å²) in [4.78, 5) is 16.0. The third-order valence-electron chi connectivity index (χ3n) is 8.33. The van der Waals surface area contributed by atoms with Gasteiger partial charge in [0, 0.05) is 50.7 Å². The highest BCUT2D eigenvalue weighted by atomic mass is 16.8. The van der Waals surface area contributed by atoms with Crippen molar-refractivity contribution in [2.24, 2.45) is 5.92 Å². The van der Waals surface area contributed by atoms with Gasteiger partial charge in [-0.15, -0.1) is 0 Å². The topological polar surface area (TPSA) is 69.3 Å². The van der Waals surface area contributed by atoms with Gasteiger partial charge in [0.25, 0.3) is 0 Å². The van der Waals surface area contributed by atoms with Crippen LogP contribution in [-0.4, -0.2) is 57.4 Å². The molecule has 1 N–H and O–H groups in total. The van der Waals surface area contributed by atoms with Crippen molar-refractivity contribution in [3.63, 3.8) is 0 Å². The number of carbonyl (C=O) groups is 1. The summed E-state index contributed by atoms with van der Waals surface area (Å²) < 4.78 is 22.5. The Morgan fingerprint density at radius 3 is 2.61 bits per heavy atom. The number of likely N-dealkylation sites (tertiary alicyclic amines) is 1. The fourth-order valence-corrected chi connectivity index (χ4v) is 6.83. The number of esters is 1. The zero-order valence-electron chi connectivity index (χ0n) is 20.9. The summed E-state index contributed by atoms with van der Waals surface area (Å²) in [6, 6.07) is 19.2. The van der Waals surface area contributed by atoms with Crippen LogP contribution in [0.5, 0.6) is 0 Å². The molecule has 7 nitrogen and oxygen atoms in total. The number of nitrogens with zero attached hydrogens (tertiary/aromatic N) is 1. The van der Waals surface area contributed by atoms with Gasteiger partial charge in [-0.2, -0.15) is 0 Å². The number of fused-ring (bicyclic) bond motifs is 1. The maximum Gasteiger partial charge on any atom is 0.336 e. The van der Waals surface area contributed by atoms with Crippen molar-refractivity contribution in [3.05, 3.63) is 88.6 Å². The molecule has 1 fully saturated rings. The summed E-state index contributed by atoms with van der Waals surface area (Å²) in [5.74, 6) is -0.542. The minimum absolute atomic E-state index is 0.183. The number of benzene rings is 2. The Hall–Kier alpha value is -2.97. The lowest BCUT2D eigenvalue weighted by Crippen LogP contribution is -2.49. The number of hydrogen-bond donors (Lipinski definition) is 1. The molecule has 4 aliphatic rings. The van der Waals surface area contributed by atoms with Gasteiger partial charge in [-0.1, -0.05) is 48.5 Å². The van der Waals surface area contributed by atoms with E-state index in [1.165, 1.54) is 18.2 Å². The molecule has 7 heteroatoms. The number of rotatable bonds is 6. The Morgan fingerprint density at radius 2 is 1.86 bits per heavy atom. The van der Waals surface area contributed by atoms with Crippen LogP contribution in [0, 0.1) is 5.92 Å². The second-order valence-corrected chi connectivity index (χ2v) is 9.91. The Labute approximate surface area is 211 Å². The number of anilines is 1. The van der Waals surface area contributed by atoms with E-state index in [0.717, 1.165) is 42.9 Å². The van der Waals surface area contributed by atoms with E-state index in [2.05, 4.69) is 58.7 Å². The number of hydrogen-bond acceptors (Lipinski definition) is 7. The van der Waals surface area contributed by atoms with Gasteiger partial charge in [-0.05, 0) is 41.7 Å². The minimum atomic E-state index is -0.583. The van der Waals surface area contributed by atoms with E-state index in [4.69, 9.17) is 18.9 Å². The SMILES string of the molecule is COC(=O)C1=C2Nc3ccccc3[C@@]23CCN(Cc2ccccc2)C3C[C@H]1C1=CC(OC)OC1OC. The van der Waals surface area contributed by atoms with E-state index >= 15 is 0 Å². The summed E-state index contributed by atoms with van der Waals surface area (Å²) in [6.07, 6.45) is 2.54. The quantitative estimate of drug-likeness (QED) is 0.487. The Morgan fingerprint density at radius 1 is 1.08 bits per heavy atom. The number of carbonyl (C=O) groups excluding carboxylic acids is 1. The fourth-order valence-electron chi connectivity index (χ4n) is 6.83. The van der Waals surface area contributed by atoms with Crippen LogP contribution in [0.15, 0.2) is 77.5 Å². The Bertz CT molecular complexity index is 1230. The number of methoxy groups -OCH3 is 3. The van der Waals surface area contributed by atoms with Crippen molar-refractivity contribution in [1.29, 1.82) is 0 Å². The average molecular weight is 489 g/mol. The monoisotopic (exact) mass is 488 g/mol. The molecule has 2 aromatic carbocycles. The highest BCUT2D eigenvalue weighted by molar-refractivity contribution is 5.94. The van der Waals surface area contributed by atoms with Crippen molar-refractivity contribution < 1.29 is 23.7 Å². The third-order valence-corrected chi connectivity index (χ3v) is 8.33. The average Bonchev–Trinajstić information content (AvgIpc) is 3.60. The minimum Gasteiger partial charge on any atom is -0.466 e. The summed E-state index contributed by atoms with van der Waals surface area (Å²) in [6.45, 7) is 1.79. The van der Waals surface area contributed by atoms with Crippen LogP contribution in [-0.2, 0) is 35.7 Å². The van der Waals surface area contributed by atoms with Crippen LogP contribution in [0.4, 0.5) is 5.69 Å².